The van der Waals surface area contributed by atoms with Crippen LogP contribution in [0.25, 0.3) is 0 Å². The zero-order valence-corrected chi connectivity index (χ0v) is 20.3. The molecule has 11 nitrogen and oxygen atoms in total. The fraction of sp³-hybridized carbons (Fsp3) is 0.609. The topological polar surface area (TPSA) is 139 Å². The van der Waals surface area contributed by atoms with Crippen LogP contribution in [0.4, 0.5) is 0 Å². The molecule has 0 aliphatic carbocycles. The van der Waals surface area contributed by atoms with Crippen molar-refractivity contribution in [1.29, 1.82) is 0 Å². The number of hydrogen-bond donors (Lipinski definition) is 1. The van der Waals surface area contributed by atoms with Gasteiger partial charge < -0.3 is 29.0 Å². The van der Waals surface area contributed by atoms with E-state index in [-0.39, 0.29) is 36.1 Å². The Kier molecular flexibility index (Phi) is 9.79. The molecule has 1 N–H and O–H groups in total. The van der Waals surface area contributed by atoms with Gasteiger partial charge in [0.2, 0.25) is 5.75 Å². The van der Waals surface area contributed by atoms with Crippen LogP contribution in [0, 0.1) is 5.92 Å². The predicted molar refractivity (Wildman–Crippen MR) is 118 cm³/mol. The van der Waals surface area contributed by atoms with Gasteiger partial charge in [0.05, 0.1) is 19.1 Å². The first kappa shape index (κ1) is 27.0. The Morgan fingerprint density at radius 3 is 2.59 bits per heavy atom. The average Bonchev–Trinajstić information content (AvgIpc) is 2.83. The first-order valence-corrected chi connectivity index (χ1v) is 11.1. The molecule has 11 heteroatoms. The van der Waals surface area contributed by atoms with Crippen molar-refractivity contribution in [3.05, 3.63) is 18.0 Å². The number of methoxy groups -OCH3 is 1. The molecule has 1 saturated heterocycles. The molecular weight excluding hydrogens is 448 g/mol. The van der Waals surface area contributed by atoms with Crippen LogP contribution in [-0.4, -0.2) is 66.9 Å². The number of carbonyl (C=O) groups excluding carboxylic acids is 4. The second-order valence-corrected chi connectivity index (χ2v) is 8.12. The van der Waals surface area contributed by atoms with Crippen molar-refractivity contribution in [1.82, 2.24) is 10.3 Å². The lowest BCUT2D eigenvalue weighted by atomic mass is 10.1. The maximum Gasteiger partial charge on any atom is 0.329 e. The van der Waals surface area contributed by atoms with E-state index in [0.717, 1.165) is 0 Å². The van der Waals surface area contributed by atoms with E-state index in [1.807, 2.05) is 6.92 Å². The molecule has 1 amide bonds. The maximum absolute atomic E-state index is 13.0. The van der Waals surface area contributed by atoms with E-state index in [1.165, 1.54) is 26.3 Å². The standard InChI is InChI=1S/C23H32N2O9/c1-7-16-19(34-22(28)12(2)3)13(4)32-23(29)15(9-11-31-16)25-21(27)18-20(33-14(5)26)17(30-6)8-10-24-18/h8,10,12-13,15-16,19H,7,9,11H2,1-6H3,(H,25,27)/t13-,15-,16+,19-/m0/s1. The van der Waals surface area contributed by atoms with Crippen molar-refractivity contribution in [2.45, 2.75) is 71.8 Å². The van der Waals surface area contributed by atoms with Crippen molar-refractivity contribution in [3.63, 3.8) is 0 Å². The summed E-state index contributed by atoms with van der Waals surface area (Å²) in [5, 5.41) is 2.56. The number of cyclic esters (lactones) is 1. The van der Waals surface area contributed by atoms with Gasteiger partial charge in [-0.2, -0.15) is 0 Å². The van der Waals surface area contributed by atoms with Gasteiger partial charge in [-0.25, -0.2) is 9.78 Å². The first-order valence-electron chi connectivity index (χ1n) is 11.1. The highest BCUT2D eigenvalue weighted by atomic mass is 16.6. The van der Waals surface area contributed by atoms with Crippen molar-refractivity contribution in [3.8, 4) is 11.5 Å². The minimum absolute atomic E-state index is 0.101. The van der Waals surface area contributed by atoms with Crippen LogP contribution in [0.1, 0.15) is 57.9 Å². The minimum atomic E-state index is -1.08. The summed E-state index contributed by atoms with van der Waals surface area (Å²) in [5.74, 6) is -2.98. The van der Waals surface area contributed by atoms with E-state index in [4.69, 9.17) is 23.7 Å². The number of nitrogens with zero attached hydrogens (tertiary/aromatic N) is 1. The molecule has 2 rings (SSSR count). The van der Waals surface area contributed by atoms with Crippen molar-refractivity contribution < 1.29 is 42.9 Å². The Balaban J connectivity index is 2.24. The van der Waals surface area contributed by atoms with Crippen molar-refractivity contribution in [2.75, 3.05) is 13.7 Å². The van der Waals surface area contributed by atoms with Crippen LogP contribution in [0.3, 0.4) is 0 Å². The summed E-state index contributed by atoms with van der Waals surface area (Å²) in [7, 11) is 1.35. The molecule has 188 valence electrons. The highest BCUT2D eigenvalue weighted by Crippen LogP contribution is 2.30. The second-order valence-electron chi connectivity index (χ2n) is 8.12. The van der Waals surface area contributed by atoms with Crippen LogP contribution in [0.5, 0.6) is 11.5 Å². The van der Waals surface area contributed by atoms with Gasteiger partial charge in [0.15, 0.2) is 17.5 Å². The number of pyridine rings is 1. The summed E-state index contributed by atoms with van der Waals surface area (Å²) in [4.78, 5) is 53.5. The fourth-order valence-corrected chi connectivity index (χ4v) is 3.33. The van der Waals surface area contributed by atoms with Gasteiger partial charge in [-0.3, -0.25) is 14.4 Å². The third-order valence-electron chi connectivity index (χ3n) is 5.13. The average molecular weight is 481 g/mol. The van der Waals surface area contributed by atoms with E-state index in [9.17, 15) is 19.2 Å². The van der Waals surface area contributed by atoms with Crippen molar-refractivity contribution >= 4 is 23.8 Å². The van der Waals surface area contributed by atoms with E-state index in [1.54, 1.807) is 20.8 Å². The van der Waals surface area contributed by atoms with Crippen LogP contribution in [-0.2, 0) is 28.6 Å². The first-order chi connectivity index (χ1) is 16.1. The zero-order chi connectivity index (χ0) is 25.4. The lowest BCUT2D eigenvalue weighted by Crippen LogP contribution is -2.46. The van der Waals surface area contributed by atoms with Crippen LogP contribution >= 0.6 is 0 Å². The van der Waals surface area contributed by atoms with Gasteiger partial charge in [0, 0.05) is 32.2 Å². The van der Waals surface area contributed by atoms with Gasteiger partial charge in [-0.05, 0) is 13.3 Å². The lowest BCUT2D eigenvalue weighted by Gasteiger charge is -2.30. The molecule has 1 fully saturated rings. The number of rotatable bonds is 7. The van der Waals surface area contributed by atoms with Gasteiger partial charge in [0.1, 0.15) is 12.1 Å². The van der Waals surface area contributed by atoms with Gasteiger partial charge in [-0.15, -0.1) is 0 Å². The number of carbonyl (C=O) groups is 4. The largest absolute Gasteiger partial charge is 0.493 e. The highest BCUT2D eigenvalue weighted by Gasteiger charge is 2.37. The minimum Gasteiger partial charge on any atom is -0.493 e. The third-order valence-corrected chi connectivity index (χ3v) is 5.13. The Morgan fingerprint density at radius 2 is 2.00 bits per heavy atom. The fourth-order valence-electron chi connectivity index (χ4n) is 3.33. The summed E-state index contributed by atoms with van der Waals surface area (Å²) in [5.41, 5.74) is -0.230. The number of ether oxygens (including phenoxy) is 5. The molecule has 1 aromatic heterocycles. The summed E-state index contributed by atoms with van der Waals surface area (Å²) < 4.78 is 27.3. The molecule has 2 heterocycles. The lowest BCUT2D eigenvalue weighted by molar-refractivity contribution is -0.179. The Labute approximate surface area is 198 Å². The zero-order valence-electron chi connectivity index (χ0n) is 20.3. The van der Waals surface area contributed by atoms with Gasteiger partial charge >= 0.3 is 17.9 Å². The summed E-state index contributed by atoms with van der Waals surface area (Å²) in [6, 6.07) is 0.354. The normalized spacial score (nSPS) is 23.1. The van der Waals surface area contributed by atoms with Crippen LogP contribution in [0.2, 0.25) is 0 Å². The molecule has 1 aromatic rings. The molecule has 0 unspecified atom stereocenters. The highest BCUT2D eigenvalue weighted by molar-refractivity contribution is 5.98. The maximum atomic E-state index is 13.0. The molecule has 0 spiro atoms. The van der Waals surface area contributed by atoms with Gasteiger partial charge in [0.25, 0.3) is 5.91 Å². The van der Waals surface area contributed by atoms with E-state index >= 15 is 0 Å². The summed E-state index contributed by atoms with van der Waals surface area (Å²) in [6.07, 6.45) is -0.166. The SMILES string of the molecule is CC[C@H]1OCC[C@H](NC(=O)c2nccc(OC)c2OC(C)=O)C(=O)O[C@@H](C)[C@@H]1OC(=O)C(C)C. The molecule has 0 aromatic carbocycles. The summed E-state index contributed by atoms with van der Waals surface area (Å²) in [6.45, 7) is 8.17. The number of aromatic nitrogens is 1. The Morgan fingerprint density at radius 1 is 1.29 bits per heavy atom. The van der Waals surface area contributed by atoms with Crippen LogP contribution < -0.4 is 14.8 Å². The van der Waals surface area contributed by atoms with Crippen molar-refractivity contribution in [2.24, 2.45) is 5.92 Å². The number of esters is 3. The molecule has 0 radical (unpaired) electrons. The number of amides is 1. The second kappa shape index (κ2) is 12.3. The van der Waals surface area contributed by atoms with E-state index in [0.29, 0.717) is 6.42 Å². The van der Waals surface area contributed by atoms with Crippen LogP contribution in [0.15, 0.2) is 12.3 Å². The van der Waals surface area contributed by atoms with Gasteiger partial charge in [-0.1, -0.05) is 20.8 Å². The molecule has 0 saturated carbocycles. The predicted octanol–water partition coefficient (Wildman–Crippen LogP) is 1.81. The van der Waals surface area contributed by atoms with E-state index in [2.05, 4.69) is 10.3 Å². The molecule has 0 bridgehead atoms. The number of nitrogens with one attached hydrogen (secondary N) is 1. The smallest absolute Gasteiger partial charge is 0.329 e. The molecule has 1 aliphatic rings. The van der Waals surface area contributed by atoms with E-state index < -0.39 is 48.2 Å². The molecule has 1 aliphatic heterocycles. The molecule has 34 heavy (non-hydrogen) atoms. The monoisotopic (exact) mass is 480 g/mol. The quantitative estimate of drug-likeness (QED) is 0.575. The molecular formula is C23H32N2O9. The summed E-state index contributed by atoms with van der Waals surface area (Å²) >= 11 is 0. The Bertz CT molecular complexity index is 902. The number of hydrogen-bond acceptors (Lipinski definition) is 10. The Hall–Kier alpha value is -3.21. The molecule has 4 atom stereocenters. The third kappa shape index (κ3) is 6.89.